The van der Waals surface area contributed by atoms with Crippen LogP contribution < -0.4 is 26.0 Å². The summed E-state index contributed by atoms with van der Waals surface area (Å²) in [5.74, 6) is 5.02. The Morgan fingerprint density at radius 3 is 2.79 bits per heavy atom. The average Bonchev–Trinajstić information content (AvgIpc) is 3.38. The molecule has 3 aromatic rings. The van der Waals surface area contributed by atoms with Crippen LogP contribution in [0, 0.1) is 11.8 Å². The quantitative estimate of drug-likeness (QED) is 0.221. The van der Waals surface area contributed by atoms with Crippen molar-refractivity contribution in [2.75, 3.05) is 44.9 Å². The fraction of sp³-hybridized carbons (Fsp3) is 0.296. The molecule has 4 rings (SSSR count). The highest BCUT2D eigenvalue weighted by atomic mass is 16.5. The molecule has 0 aliphatic carbocycles. The van der Waals surface area contributed by atoms with Crippen molar-refractivity contribution in [2.45, 2.75) is 12.5 Å². The van der Waals surface area contributed by atoms with Gasteiger partial charge in [0.25, 0.3) is 17.7 Å². The molecule has 0 saturated carbocycles. The van der Waals surface area contributed by atoms with E-state index in [9.17, 15) is 14.4 Å². The number of benzene rings is 2. The van der Waals surface area contributed by atoms with Gasteiger partial charge in [0.05, 0.1) is 18.9 Å². The van der Waals surface area contributed by atoms with E-state index in [1.807, 2.05) is 24.3 Å². The molecular weight excluding hydrogens is 502 g/mol. The number of rotatable bonds is 9. The fourth-order valence-corrected chi connectivity index (χ4v) is 3.75. The molecule has 0 spiro atoms. The van der Waals surface area contributed by atoms with Crippen molar-refractivity contribution < 1.29 is 23.9 Å². The van der Waals surface area contributed by atoms with Crippen LogP contribution in [0.3, 0.4) is 0 Å². The van der Waals surface area contributed by atoms with Gasteiger partial charge in [-0.25, -0.2) is 4.98 Å². The van der Waals surface area contributed by atoms with E-state index in [0.717, 1.165) is 5.56 Å². The van der Waals surface area contributed by atoms with Crippen LogP contribution in [0.1, 0.15) is 27.6 Å². The van der Waals surface area contributed by atoms with Gasteiger partial charge in [0.2, 0.25) is 5.82 Å². The normalized spacial score (nSPS) is 14.4. The molecular formula is C27H29N7O5. The number of aromatic nitrogens is 3. The summed E-state index contributed by atoms with van der Waals surface area (Å²) in [6.07, 6.45) is 0.390. The number of hydrogen-bond acceptors (Lipinski definition) is 8. The second-order valence-electron chi connectivity index (χ2n) is 8.59. The molecule has 2 aromatic carbocycles. The first kappa shape index (κ1) is 27.3. The number of nitrogens with two attached hydrogens (primary N) is 1. The minimum atomic E-state index is -0.892. The molecule has 1 atom stereocenters. The van der Waals surface area contributed by atoms with Crippen molar-refractivity contribution in [2.24, 2.45) is 5.73 Å². The number of hydrogen-bond donors (Lipinski definition) is 4. The number of carbonyl (C=O) groups excluding carboxylic acids is 3. The molecule has 12 nitrogen and oxygen atoms in total. The van der Waals surface area contributed by atoms with Crippen molar-refractivity contribution in [1.29, 1.82) is 0 Å². The van der Waals surface area contributed by atoms with E-state index in [-0.39, 0.29) is 18.3 Å². The Morgan fingerprint density at radius 1 is 1.21 bits per heavy atom. The van der Waals surface area contributed by atoms with Gasteiger partial charge < -0.3 is 30.7 Å². The number of ether oxygens (including phenoxy) is 2. The first-order valence-corrected chi connectivity index (χ1v) is 12.3. The van der Waals surface area contributed by atoms with Crippen molar-refractivity contribution >= 4 is 23.4 Å². The number of aromatic amines is 1. The first-order valence-electron chi connectivity index (χ1n) is 12.3. The third kappa shape index (κ3) is 7.41. The molecule has 0 unspecified atom stereocenters. The second-order valence-corrected chi connectivity index (χ2v) is 8.59. The van der Waals surface area contributed by atoms with Gasteiger partial charge in [0.15, 0.2) is 0 Å². The fourth-order valence-electron chi connectivity index (χ4n) is 3.75. The van der Waals surface area contributed by atoms with Crippen molar-refractivity contribution in [3.8, 4) is 17.6 Å². The maximum Gasteiger partial charge on any atom is 0.296 e. The Kier molecular flexibility index (Phi) is 9.23. The number of H-pyrrole nitrogens is 1. The zero-order valence-electron chi connectivity index (χ0n) is 21.4. The van der Waals surface area contributed by atoms with Gasteiger partial charge in [-0.15, -0.1) is 5.10 Å². The van der Waals surface area contributed by atoms with Crippen LogP contribution in [0.4, 0.5) is 5.69 Å². The number of likely N-dealkylation sites (N-methyl/N-ethyl adjacent to an activating group) is 1. The molecule has 1 aliphatic heterocycles. The molecule has 1 aliphatic rings. The summed E-state index contributed by atoms with van der Waals surface area (Å²) >= 11 is 0. The maximum absolute atomic E-state index is 12.9. The van der Waals surface area contributed by atoms with Gasteiger partial charge in [-0.2, -0.15) is 0 Å². The molecule has 2 heterocycles. The Morgan fingerprint density at radius 2 is 2.00 bits per heavy atom. The van der Waals surface area contributed by atoms with Crippen LogP contribution in [0.5, 0.6) is 5.75 Å². The van der Waals surface area contributed by atoms with E-state index in [0.29, 0.717) is 55.5 Å². The minimum absolute atomic E-state index is 0.0106. The van der Waals surface area contributed by atoms with Gasteiger partial charge in [-0.3, -0.25) is 19.5 Å². The first-order chi connectivity index (χ1) is 18.9. The van der Waals surface area contributed by atoms with E-state index >= 15 is 0 Å². The second kappa shape index (κ2) is 13.2. The molecule has 12 heteroatoms. The molecule has 1 aromatic heterocycles. The summed E-state index contributed by atoms with van der Waals surface area (Å²) in [6.45, 7) is 1.61. The third-order valence-corrected chi connectivity index (χ3v) is 5.74. The Bertz CT molecular complexity index is 1380. The standard InChI is InChI=1S/C27H29N7O5/c1-34-21-4-2-3-5-22(21)39-17-20(27(34)37)30-26(36)25-31-23(32-33-25)16-19-8-6-18(7-9-19)10-11-24(35)29-13-15-38-14-12-28/h2-9,20H,12-17,28H2,1H3,(H,29,35)(H,30,36)(H,31,32,33)/t20-/m0/s1. The highest BCUT2D eigenvalue weighted by molar-refractivity contribution is 6.02. The summed E-state index contributed by atoms with van der Waals surface area (Å²) in [4.78, 5) is 43.1. The predicted octanol–water partition coefficient (Wildman–Crippen LogP) is -0.00770. The van der Waals surface area contributed by atoms with Gasteiger partial charge in [0.1, 0.15) is 24.2 Å². The lowest BCUT2D eigenvalue weighted by molar-refractivity contribution is -0.120. The number of anilines is 1. The van der Waals surface area contributed by atoms with Gasteiger partial charge in [-0.05, 0) is 29.8 Å². The number of nitrogens with one attached hydrogen (secondary N) is 3. The number of carbonyl (C=O) groups is 3. The van der Waals surface area contributed by atoms with Crippen LogP contribution in [0.25, 0.3) is 0 Å². The van der Waals surface area contributed by atoms with Crippen LogP contribution >= 0.6 is 0 Å². The van der Waals surface area contributed by atoms with Crippen LogP contribution in [-0.2, 0) is 20.7 Å². The van der Waals surface area contributed by atoms with Gasteiger partial charge in [0, 0.05) is 38.0 Å². The largest absolute Gasteiger partial charge is 0.489 e. The average molecular weight is 532 g/mol. The van der Waals surface area contributed by atoms with E-state index in [2.05, 4.69) is 37.7 Å². The highest BCUT2D eigenvalue weighted by Gasteiger charge is 2.31. The predicted molar refractivity (Wildman–Crippen MR) is 142 cm³/mol. The SMILES string of the molecule is CN1C(=O)[C@@H](NC(=O)c2n[nH]c(Cc3ccc(C#CC(=O)NCCOCCN)cc3)n2)COc2ccccc21. The smallest absolute Gasteiger partial charge is 0.296 e. The Labute approximate surface area is 225 Å². The molecule has 202 valence electrons. The molecule has 3 amide bonds. The van der Waals surface area contributed by atoms with Gasteiger partial charge >= 0.3 is 0 Å². The monoisotopic (exact) mass is 531 g/mol. The molecule has 5 N–H and O–H groups in total. The third-order valence-electron chi connectivity index (χ3n) is 5.74. The summed E-state index contributed by atoms with van der Waals surface area (Å²) in [5.41, 5.74) is 7.53. The van der Waals surface area contributed by atoms with E-state index < -0.39 is 17.9 Å². The molecule has 0 radical (unpaired) electrons. The van der Waals surface area contributed by atoms with E-state index in [4.69, 9.17) is 15.2 Å². The minimum Gasteiger partial charge on any atom is -0.489 e. The summed E-state index contributed by atoms with van der Waals surface area (Å²) < 4.78 is 10.9. The van der Waals surface area contributed by atoms with Crippen LogP contribution in [0.15, 0.2) is 48.5 Å². The molecule has 0 bridgehead atoms. The van der Waals surface area contributed by atoms with Crippen molar-refractivity contribution in [1.82, 2.24) is 25.8 Å². The summed E-state index contributed by atoms with van der Waals surface area (Å²) in [7, 11) is 1.63. The van der Waals surface area contributed by atoms with Gasteiger partial charge in [-0.1, -0.05) is 30.2 Å². The summed E-state index contributed by atoms with van der Waals surface area (Å²) in [6, 6.07) is 13.5. The lowest BCUT2D eigenvalue weighted by Crippen LogP contribution is -2.49. The number of amides is 3. The van der Waals surface area contributed by atoms with Crippen LogP contribution in [-0.4, -0.2) is 78.9 Å². The zero-order chi connectivity index (χ0) is 27.6. The van der Waals surface area contributed by atoms with Crippen LogP contribution in [0.2, 0.25) is 0 Å². The maximum atomic E-state index is 12.9. The van der Waals surface area contributed by atoms with Crippen molar-refractivity contribution in [3.63, 3.8) is 0 Å². The number of nitrogens with zero attached hydrogens (tertiary/aromatic N) is 3. The number of para-hydroxylation sites is 2. The number of fused-ring (bicyclic) bond motifs is 1. The summed E-state index contributed by atoms with van der Waals surface area (Å²) in [5, 5.41) is 12.1. The zero-order valence-corrected chi connectivity index (χ0v) is 21.4. The molecule has 0 fully saturated rings. The topological polar surface area (TPSA) is 165 Å². The van der Waals surface area contributed by atoms with E-state index in [1.54, 1.807) is 31.3 Å². The lowest BCUT2D eigenvalue weighted by Gasteiger charge is -2.19. The molecule has 39 heavy (non-hydrogen) atoms. The van der Waals surface area contributed by atoms with Crippen molar-refractivity contribution in [3.05, 3.63) is 71.3 Å². The molecule has 0 saturated heterocycles. The van der Waals surface area contributed by atoms with E-state index in [1.165, 1.54) is 4.90 Å². The lowest BCUT2D eigenvalue weighted by atomic mass is 10.1. The highest BCUT2D eigenvalue weighted by Crippen LogP contribution is 2.29. The Balaban J connectivity index is 1.29. The Hall–Kier alpha value is -4.73.